The molecular weight excluding hydrogens is 240 g/mol. The van der Waals surface area contributed by atoms with E-state index in [0.717, 1.165) is 36.7 Å². The number of hydrogen-bond donors (Lipinski definition) is 2. The molecule has 1 aromatic carbocycles. The minimum absolute atomic E-state index is 0.174. The molecule has 3 rings (SSSR count). The fourth-order valence-corrected chi connectivity index (χ4v) is 2.47. The summed E-state index contributed by atoms with van der Waals surface area (Å²) in [7, 11) is 0. The van der Waals surface area contributed by atoms with Gasteiger partial charge in [-0.1, -0.05) is 12.1 Å². The predicted molar refractivity (Wildman–Crippen MR) is 71.7 cm³/mol. The zero-order valence-electron chi connectivity index (χ0n) is 11.0. The fourth-order valence-electron chi connectivity index (χ4n) is 2.47. The molecular formula is C14H18N4O. The quantitative estimate of drug-likeness (QED) is 0.877. The van der Waals surface area contributed by atoms with Crippen LogP contribution in [0.4, 0.5) is 0 Å². The van der Waals surface area contributed by atoms with Gasteiger partial charge in [0, 0.05) is 19.5 Å². The first-order valence-electron chi connectivity index (χ1n) is 6.67. The van der Waals surface area contributed by atoms with Crippen LogP contribution >= 0.6 is 0 Å². The molecule has 0 aliphatic carbocycles. The van der Waals surface area contributed by atoms with E-state index in [4.69, 9.17) is 0 Å². The van der Waals surface area contributed by atoms with E-state index in [-0.39, 0.29) is 6.04 Å². The Hall–Kier alpha value is -1.88. The molecule has 1 aromatic heterocycles. The number of aryl methyl sites for hydroxylation is 1. The second kappa shape index (κ2) is 5.01. The average Bonchev–Trinajstić information content (AvgIpc) is 3.00. The third-order valence-electron chi connectivity index (χ3n) is 3.57. The average molecular weight is 258 g/mol. The molecule has 0 saturated heterocycles. The summed E-state index contributed by atoms with van der Waals surface area (Å²) in [5.74, 6) is 2.42. The molecule has 5 nitrogen and oxygen atoms in total. The third kappa shape index (κ3) is 2.46. The van der Waals surface area contributed by atoms with E-state index >= 15 is 0 Å². The fraction of sp³-hybridized carbons (Fsp3) is 0.429. The smallest absolute Gasteiger partial charge is 0.149 e. The lowest BCUT2D eigenvalue weighted by molar-refractivity contribution is 0.474. The van der Waals surface area contributed by atoms with Crippen LogP contribution in [0.1, 0.15) is 36.6 Å². The summed E-state index contributed by atoms with van der Waals surface area (Å²) in [4.78, 5) is 0. The molecule has 0 bridgehead atoms. The summed E-state index contributed by atoms with van der Waals surface area (Å²) < 4.78 is 2.22. The number of nitrogens with zero attached hydrogens (tertiary/aromatic N) is 3. The Morgan fingerprint density at radius 3 is 2.89 bits per heavy atom. The van der Waals surface area contributed by atoms with E-state index in [1.54, 1.807) is 12.1 Å². The molecule has 0 fully saturated rings. The van der Waals surface area contributed by atoms with Crippen LogP contribution in [0.25, 0.3) is 0 Å². The Labute approximate surface area is 112 Å². The van der Waals surface area contributed by atoms with Gasteiger partial charge in [0.05, 0.1) is 6.04 Å². The molecule has 0 saturated carbocycles. The van der Waals surface area contributed by atoms with Crippen LogP contribution in [-0.4, -0.2) is 19.9 Å². The SMILES string of the molecule is CC(NCc1ccc(O)cc1)c1nnc2n1CCC2. The number of phenolic OH excluding ortho intramolecular Hbond substituents is 1. The van der Waals surface area contributed by atoms with Crippen molar-refractivity contribution in [1.82, 2.24) is 20.1 Å². The lowest BCUT2D eigenvalue weighted by Crippen LogP contribution is -2.21. The molecule has 1 aliphatic rings. The number of hydrogen-bond acceptors (Lipinski definition) is 4. The highest BCUT2D eigenvalue weighted by molar-refractivity contribution is 5.25. The van der Waals surface area contributed by atoms with Crippen molar-refractivity contribution in [3.05, 3.63) is 41.5 Å². The molecule has 19 heavy (non-hydrogen) atoms. The normalized spacial score (nSPS) is 15.4. The van der Waals surface area contributed by atoms with Gasteiger partial charge in [0.1, 0.15) is 17.4 Å². The van der Waals surface area contributed by atoms with Crippen LogP contribution in [0.2, 0.25) is 0 Å². The molecule has 0 spiro atoms. The number of aromatic nitrogens is 3. The highest BCUT2D eigenvalue weighted by Gasteiger charge is 2.20. The molecule has 2 heterocycles. The molecule has 5 heteroatoms. The zero-order valence-corrected chi connectivity index (χ0v) is 11.0. The van der Waals surface area contributed by atoms with Crippen molar-refractivity contribution >= 4 is 0 Å². The molecule has 0 amide bonds. The Bertz CT molecular complexity index is 561. The predicted octanol–water partition coefficient (Wildman–Crippen LogP) is 1.78. The van der Waals surface area contributed by atoms with Gasteiger partial charge in [0.15, 0.2) is 0 Å². The van der Waals surface area contributed by atoms with Gasteiger partial charge in [0.25, 0.3) is 0 Å². The van der Waals surface area contributed by atoms with Crippen molar-refractivity contribution in [1.29, 1.82) is 0 Å². The maximum absolute atomic E-state index is 9.25. The third-order valence-corrected chi connectivity index (χ3v) is 3.57. The summed E-state index contributed by atoms with van der Waals surface area (Å²) in [5.41, 5.74) is 1.14. The minimum atomic E-state index is 0.174. The van der Waals surface area contributed by atoms with Crippen molar-refractivity contribution in [2.24, 2.45) is 0 Å². The van der Waals surface area contributed by atoms with Crippen LogP contribution < -0.4 is 5.32 Å². The maximum atomic E-state index is 9.25. The van der Waals surface area contributed by atoms with Crippen molar-refractivity contribution in [3.8, 4) is 5.75 Å². The van der Waals surface area contributed by atoms with Crippen molar-refractivity contribution in [2.75, 3.05) is 0 Å². The Morgan fingerprint density at radius 2 is 2.11 bits per heavy atom. The van der Waals surface area contributed by atoms with Crippen molar-refractivity contribution in [2.45, 2.75) is 38.9 Å². The summed E-state index contributed by atoms with van der Waals surface area (Å²) in [6.45, 7) is 3.89. The highest BCUT2D eigenvalue weighted by atomic mass is 16.3. The summed E-state index contributed by atoms with van der Waals surface area (Å²) in [6, 6.07) is 7.42. The van der Waals surface area contributed by atoms with Crippen LogP contribution in [0.5, 0.6) is 5.75 Å². The monoisotopic (exact) mass is 258 g/mol. The van der Waals surface area contributed by atoms with Gasteiger partial charge in [-0.2, -0.15) is 0 Å². The topological polar surface area (TPSA) is 63.0 Å². The molecule has 1 unspecified atom stereocenters. The van der Waals surface area contributed by atoms with Crippen molar-refractivity contribution < 1.29 is 5.11 Å². The summed E-state index contributed by atoms with van der Waals surface area (Å²) in [6.07, 6.45) is 2.21. The van der Waals surface area contributed by atoms with Gasteiger partial charge in [-0.25, -0.2) is 0 Å². The number of rotatable bonds is 4. The maximum Gasteiger partial charge on any atom is 0.149 e. The molecule has 1 aliphatic heterocycles. The summed E-state index contributed by atoms with van der Waals surface area (Å²) >= 11 is 0. The van der Waals surface area contributed by atoms with E-state index in [2.05, 4.69) is 27.0 Å². The first-order chi connectivity index (χ1) is 9.24. The molecule has 100 valence electrons. The van der Waals surface area contributed by atoms with Gasteiger partial charge >= 0.3 is 0 Å². The van der Waals surface area contributed by atoms with Gasteiger partial charge in [0.2, 0.25) is 0 Å². The van der Waals surface area contributed by atoms with Gasteiger partial charge in [-0.05, 0) is 31.0 Å². The van der Waals surface area contributed by atoms with Crippen LogP contribution in [0.15, 0.2) is 24.3 Å². The van der Waals surface area contributed by atoms with E-state index in [0.29, 0.717) is 5.75 Å². The second-order valence-electron chi connectivity index (χ2n) is 5.00. The number of aromatic hydroxyl groups is 1. The Balaban J connectivity index is 1.65. The van der Waals surface area contributed by atoms with Gasteiger partial charge < -0.3 is 15.0 Å². The standard InChI is InChI=1S/C14H18N4O/c1-10(14-17-16-13-3-2-8-18(13)14)15-9-11-4-6-12(19)7-5-11/h4-7,10,15,19H,2-3,8-9H2,1H3. The number of benzene rings is 1. The zero-order chi connectivity index (χ0) is 13.2. The van der Waals surface area contributed by atoms with E-state index in [1.807, 2.05) is 12.1 Å². The number of phenols is 1. The first kappa shape index (κ1) is 12.2. The molecule has 0 radical (unpaired) electrons. The Morgan fingerprint density at radius 1 is 1.32 bits per heavy atom. The van der Waals surface area contributed by atoms with Crippen LogP contribution in [0.3, 0.4) is 0 Å². The van der Waals surface area contributed by atoms with Crippen LogP contribution in [0, 0.1) is 0 Å². The van der Waals surface area contributed by atoms with Crippen molar-refractivity contribution in [3.63, 3.8) is 0 Å². The van der Waals surface area contributed by atoms with Crippen LogP contribution in [-0.2, 0) is 19.5 Å². The minimum Gasteiger partial charge on any atom is -0.508 e. The van der Waals surface area contributed by atoms with Gasteiger partial charge in [-0.3, -0.25) is 0 Å². The van der Waals surface area contributed by atoms with E-state index in [1.165, 1.54) is 6.42 Å². The molecule has 1 atom stereocenters. The summed E-state index contributed by atoms with van der Waals surface area (Å²) in [5, 5.41) is 21.2. The lowest BCUT2D eigenvalue weighted by Gasteiger charge is -2.13. The highest BCUT2D eigenvalue weighted by Crippen LogP contribution is 2.19. The van der Waals surface area contributed by atoms with E-state index < -0.39 is 0 Å². The largest absolute Gasteiger partial charge is 0.508 e. The first-order valence-corrected chi connectivity index (χ1v) is 6.67. The van der Waals surface area contributed by atoms with E-state index in [9.17, 15) is 5.11 Å². The Kier molecular flexibility index (Phi) is 3.21. The number of fused-ring (bicyclic) bond motifs is 1. The number of nitrogens with one attached hydrogen (secondary N) is 1. The molecule has 2 N–H and O–H groups in total. The van der Waals surface area contributed by atoms with Gasteiger partial charge in [-0.15, -0.1) is 10.2 Å². The molecule has 2 aromatic rings. The lowest BCUT2D eigenvalue weighted by atomic mass is 10.2. The second-order valence-corrected chi connectivity index (χ2v) is 5.00.